The van der Waals surface area contributed by atoms with Crippen LogP contribution in [-0.2, 0) is 19.6 Å². The summed E-state index contributed by atoms with van der Waals surface area (Å²) in [5, 5.41) is 2.97. The first-order chi connectivity index (χ1) is 14.3. The Balaban J connectivity index is 1.69. The number of nitrogens with zero attached hydrogens (tertiary/aromatic N) is 2. The Morgan fingerprint density at radius 3 is 2.53 bits per heavy atom. The van der Waals surface area contributed by atoms with E-state index in [9.17, 15) is 18.0 Å². The molecule has 1 saturated heterocycles. The van der Waals surface area contributed by atoms with Crippen LogP contribution in [0.25, 0.3) is 0 Å². The van der Waals surface area contributed by atoms with Crippen molar-refractivity contribution in [2.45, 2.75) is 63.3 Å². The van der Waals surface area contributed by atoms with E-state index in [0.717, 1.165) is 38.5 Å². The topological polar surface area (TPSA) is 95.9 Å². The molecule has 0 aromatic heterocycles. The zero-order chi connectivity index (χ0) is 21.5. The Bertz CT molecular complexity index is 980. The largest absolute Gasteiger partial charge is 0.341 e. The Labute approximate surface area is 178 Å². The lowest BCUT2D eigenvalue weighted by Crippen LogP contribution is -2.42. The second kappa shape index (κ2) is 8.13. The highest BCUT2D eigenvalue weighted by atomic mass is 32.2. The van der Waals surface area contributed by atoms with Gasteiger partial charge in [-0.2, -0.15) is 8.42 Å². The maximum absolute atomic E-state index is 13.5. The van der Waals surface area contributed by atoms with Crippen molar-refractivity contribution in [2.24, 2.45) is 22.2 Å². The van der Waals surface area contributed by atoms with Crippen molar-refractivity contribution in [3.05, 3.63) is 24.3 Å². The highest BCUT2D eigenvalue weighted by molar-refractivity contribution is 7.90. The van der Waals surface area contributed by atoms with Crippen molar-refractivity contribution in [2.75, 3.05) is 11.9 Å². The highest BCUT2D eigenvalue weighted by Gasteiger charge is 2.53. The summed E-state index contributed by atoms with van der Waals surface area (Å²) in [4.78, 5) is 28.7. The first kappa shape index (κ1) is 21.0. The van der Waals surface area contributed by atoms with Gasteiger partial charge in [0.25, 0.3) is 10.0 Å². The van der Waals surface area contributed by atoms with E-state index in [1.54, 1.807) is 23.1 Å². The minimum Gasteiger partial charge on any atom is -0.341 e. The van der Waals surface area contributed by atoms with Crippen LogP contribution in [0.5, 0.6) is 0 Å². The van der Waals surface area contributed by atoms with Crippen molar-refractivity contribution in [3.63, 3.8) is 0 Å². The van der Waals surface area contributed by atoms with Gasteiger partial charge in [-0.1, -0.05) is 45.2 Å². The number of likely N-dealkylation sites (tertiary alicyclic amines) is 1. The van der Waals surface area contributed by atoms with Crippen molar-refractivity contribution in [1.29, 1.82) is 0 Å². The molecule has 3 aliphatic rings. The predicted molar refractivity (Wildman–Crippen MR) is 115 cm³/mol. The summed E-state index contributed by atoms with van der Waals surface area (Å²) in [6.45, 7) is 4.69. The van der Waals surface area contributed by atoms with Crippen LogP contribution < -0.4 is 5.32 Å². The Hall–Kier alpha value is -2.22. The molecule has 1 aromatic carbocycles. The van der Waals surface area contributed by atoms with Gasteiger partial charge in [0.05, 0.1) is 11.7 Å². The van der Waals surface area contributed by atoms with Crippen LogP contribution in [0.3, 0.4) is 0 Å². The fourth-order valence-electron chi connectivity index (χ4n) is 4.84. The van der Waals surface area contributed by atoms with Crippen LogP contribution in [0.2, 0.25) is 0 Å². The Kier molecular flexibility index (Phi) is 5.70. The number of ketones is 1. The van der Waals surface area contributed by atoms with Gasteiger partial charge < -0.3 is 10.2 Å². The van der Waals surface area contributed by atoms with Crippen molar-refractivity contribution in [3.8, 4) is 0 Å². The number of Topliss-reactive ketones (excluding diaryl/α,β-unsaturated/α-hetero) is 1. The molecule has 2 atom stereocenters. The van der Waals surface area contributed by atoms with Crippen LogP contribution >= 0.6 is 0 Å². The zero-order valence-corrected chi connectivity index (χ0v) is 18.3. The average molecular weight is 432 g/mol. The highest BCUT2D eigenvalue weighted by Crippen LogP contribution is 2.37. The van der Waals surface area contributed by atoms with E-state index >= 15 is 0 Å². The molecule has 1 aromatic rings. The normalized spacial score (nSPS) is 26.5. The third kappa shape index (κ3) is 3.77. The molecule has 1 N–H and O–H groups in total. The number of hydrogen-bond acceptors (Lipinski definition) is 5. The lowest BCUT2D eigenvalue weighted by molar-refractivity contribution is -0.131. The number of rotatable bonds is 5. The number of fused-ring (bicyclic) bond motifs is 1. The van der Waals surface area contributed by atoms with Crippen molar-refractivity contribution in [1.82, 2.24) is 4.90 Å². The van der Waals surface area contributed by atoms with E-state index < -0.39 is 22.0 Å². The summed E-state index contributed by atoms with van der Waals surface area (Å²) in [6, 6.07) is 5.95. The van der Waals surface area contributed by atoms with Crippen molar-refractivity contribution < 1.29 is 18.0 Å². The molecular formula is C22H29N3O4S. The second-order valence-electron chi connectivity index (χ2n) is 8.97. The maximum atomic E-state index is 13.5. The molecule has 2 heterocycles. The standard InChI is InChI=1S/C22H29N3O4S/c1-14(2)12-13-25-19(15-8-4-3-5-9-15)20(26)18(22(25)27)21-23-16-10-6-7-11-17(16)30(28,29)24-21/h6-7,10-11,14-15,18-19H,3-5,8-9,12-13H2,1-2H3,(H,23,24)/t18?,19-/m0/s1. The molecule has 0 radical (unpaired) electrons. The van der Waals surface area contributed by atoms with E-state index in [-0.39, 0.29) is 28.3 Å². The number of amides is 1. The maximum Gasteiger partial charge on any atom is 0.286 e. The molecule has 162 valence electrons. The zero-order valence-electron chi connectivity index (χ0n) is 17.5. The quantitative estimate of drug-likeness (QED) is 0.722. The predicted octanol–water partition coefficient (Wildman–Crippen LogP) is 3.22. The SMILES string of the molecule is CC(C)CCN1C(=O)C(C2=NS(=O)(=O)c3ccccc3N2)C(=O)[C@@H]1C1CCCCC1. The van der Waals surface area contributed by atoms with Gasteiger partial charge in [-0.25, -0.2) is 0 Å². The summed E-state index contributed by atoms with van der Waals surface area (Å²) in [7, 11) is -3.96. The van der Waals surface area contributed by atoms with Crippen LogP contribution in [0.1, 0.15) is 52.4 Å². The van der Waals surface area contributed by atoms with Gasteiger partial charge in [-0.05, 0) is 43.2 Å². The van der Waals surface area contributed by atoms with Crippen LogP contribution in [0.4, 0.5) is 5.69 Å². The third-order valence-corrected chi connectivity index (χ3v) is 7.75. The molecule has 8 heteroatoms. The summed E-state index contributed by atoms with van der Waals surface area (Å²) < 4.78 is 29.2. The molecule has 1 unspecified atom stereocenters. The van der Waals surface area contributed by atoms with E-state index in [4.69, 9.17) is 0 Å². The number of sulfonamides is 1. The van der Waals surface area contributed by atoms with Gasteiger partial charge in [0.1, 0.15) is 10.7 Å². The molecule has 1 aliphatic carbocycles. The first-order valence-corrected chi connectivity index (χ1v) is 12.3. The van der Waals surface area contributed by atoms with Gasteiger partial charge in [-0.15, -0.1) is 4.40 Å². The first-order valence-electron chi connectivity index (χ1n) is 10.8. The lowest BCUT2D eigenvalue weighted by Gasteiger charge is -2.33. The lowest BCUT2D eigenvalue weighted by atomic mass is 9.81. The summed E-state index contributed by atoms with van der Waals surface area (Å²) in [6.07, 6.45) is 5.93. The smallest absolute Gasteiger partial charge is 0.286 e. The Morgan fingerprint density at radius 1 is 1.13 bits per heavy atom. The van der Waals surface area contributed by atoms with Gasteiger partial charge in [0.2, 0.25) is 5.91 Å². The monoisotopic (exact) mass is 431 g/mol. The summed E-state index contributed by atoms with van der Waals surface area (Å²) >= 11 is 0. The minimum atomic E-state index is -3.96. The van der Waals surface area contributed by atoms with E-state index in [1.165, 1.54) is 6.07 Å². The summed E-state index contributed by atoms with van der Waals surface area (Å²) in [5.74, 6) is -1.23. The minimum absolute atomic E-state index is 0.0587. The molecule has 1 amide bonds. The summed E-state index contributed by atoms with van der Waals surface area (Å²) in [5.41, 5.74) is 0.359. The average Bonchev–Trinajstić information content (AvgIpc) is 2.96. The van der Waals surface area contributed by atoms with Gasteiger partial charge in [-0.3, -0.25) is 9.59 Å². The second-order valence-corrected chi connectivity index (χ2v) is 10.5. The van der Waals surface area contributed by atoms with E-state index in [0.29, 0.717) is 18.2 Å². The Morgan fingerprint density at radius 2 is 1.83 bits per heavy atom. The fraction of sp³-hybridized carbons (Fsp3) is 0.591. The number of carbonyl (C=O) groups is 2. The van der Waals surface area contributed by atoms with Crippen LogP contribution in [-0.4, -0.2) is 43.4 Å². The molecule has 7 nitrogen and oxygen atoms in total. The molecular weight excluding hydrogens is 402 g/mol. The van der Waals surface area contributed by atoms with Gasteiger partial charge in [0, 0.05) is 6.54 Å². The number of nitrogens with one attached hydrogen (secondary N) is 1. The number of hydrogen-bond donors (Lipinski definition) is 1. The molecule has 2 aliphatic heterocycles. The van der Waals surface area contributed by atoms with Gasteiger partial charge >= 0.3 is 0 Å². The number of para-hydroxylation sites is 1. The van der Waals surface area contributed by atoms with E-state index in [1.807, 2.05) is 0 Å². The number of carbonyl (C=O) groups excluding carboxylic acids is 2. The van der Waals surface area contributed by atoms with Crippen LogP contribution in [0, 0.1) is 17.8 Å². The molecule has 1 saturated carbocycles. The molecule has 2 fully saturated rings. The number of benzene rings is 1. The molecule has 4 rings (SSSR count). The van der Waals surface area contributed by atoms with E-state index in [2.05, 4.69) is 23.6 Å². The fourth-order valence-corrected chi connectivity index (χ4v) is 6.00. The molecule has 0 bridgehead atoms. The third-order valence-electron chi connectivity index (χ3n) is 6.41. The molecule has 0 spiro atoms. The van der Waals surface area contributed by atoms with Crippen molar-refractivity contribution >= 4 is 33.2 Å². The number of anilines is 1. The molecule has 30 heavy (non-hydrogen) atoms. The van der Waals surface area contributed by atoms with Crippen LogP contribution in [0.15, 0.2) is 33.6 Å². The van der Waals surface area contributed by atoms with Gasteiger partial charge in [0.15, 0.2) is 11.7 Å². The number of amidine groups is 1.